The predicted octanol–water partition coefficient (Wildman–Crippen LogP) is 4.25. The number of hydrogen-bond donors (Lipinski definition) is 1. The second kappa shape index (κ2) is 8.03. The third-order valence-corrected chi connectivity index (χ3v) is 7.30. The van der Waals surface area contributed by atoms with E-state index in [-0.39, 0.29) is 11.2 Å². The van der Waals surface area contributed by atoms with E-state index in [2.05, 4.69) is 59.9 Å². The number of anilines is 1. The van der Waals surface area contributed by atoms with Crippen LogP contribution in [0.2, 0.25) is 0 Å². The highest BCUT2D eigenvalue weighted by Crippen LogP contribution is 2.40. The summed E-state index contributed by atoms with van der Waals surface area (Å²) in [5.41, 5.74) is 3.27. The summed E-state index contributed by atoms with van der Waals surface area (Å²) in [6.45, 7) is 9.33. The minimum absolute atomic E-state index is 0.0425. The van der Waals surface area contributed by atoms with E-state index in [1.54, 1.807) is 6.92 Å². The van der Waals surface area contributed by atoms with Gasteiger partial charge in [0.25, 0.3) is 0 Å². The van der Waals surface area contributed by atoms with Crippen LogP contribution in [-0.2, 0) is 22.0 Å². The van der Waals surface area contributed by atoms with Crippen molar-refractivity contribution in [2.24, 2.45) is 5.92 Å². The van der Waals surface area contributed by atoms with Crippen molar-refractivity contribution in [1.82, 2.24) is 4.90 Å². The number of rotatable bonds is 6. The van der Waals surface area contributed by atoms with Crippen LogP contribution in [0.15, 0.2) is 54.6 Å². The molecular formula is C22H30N2O2S. The molecule has 1 fully saturated rings. The fourth-order valence-electron chi connectivity index (χ4n) is 3.92. The van der Waals surface area contributed by atoms with E-state index in [0.717, 1.165) is 26.1 Å². The molecule has 1 aliphatic heterocycles. The van der Waals surface area contributed by atoms with Crippen LogP contribution in [0.4, 0.5) is 5.69 Å². The zero-order chi connectivity index (χ0) is 19.5. The molecule has 0 unspecified atom stereocenters. The van der Waals surface area contributed by atoms with Crippen LogP contribution in [0.1, 0.15) is 38.3 Å². The molecule has 0 bridgehead atoms. The number of sulfonamides is 1. The van der Waals surface area contributed by atoms with Gasteiger partial charge in [0.2, 0.25) is 10.0 Å². The Hall–Kier alpha value is -1.85. The van der Waals surface area contributed by atoms with E-state index in [1.807, 2.05) is 18.2 Å². The summed E-state index contributed by atoms with van der Waals surface area (Å²) in [6, 6.07) is 18.5. The van der Waals surface area contributed by atoms with Gasteiger partial charge in [0, 0.05) is 18.8 Å². The molecule has 0 aliphatic carbocycles. The predicted molar refractivity (Wildman–Crippen MR) is 112 cm³/mol. The topological polar surface area (TPSA) is 49.4 Å². The second-order valence-electron chi connectivity index (χ2n) is 7.88. The summed E-state index contributed by atoms with van der Waals surface area (Å²) in [5, 5.41) is 0. The molecule has 2 aromatic carbocycles. The van der Waals surface area contributed by atoms with Gasteiger partial charge in [-0.3, -0.25) is 9.62 Å². The first-order valence-electron chi connectivity index (χ1n) is 9.70. The standard InChI is InChI=1S/C22H30N2O2S/c1-4-27(25,26)23-21-12-8-11-20(15-21)22(3)13-14-24(16-18(22)2)17-19-9-6-5-7-10-19/h5-12,15,18,23H,4,13-14,16-17H2,1-3H3/t18-,22-/m0/s1. The Morgan fingerprint density at radius 2 is 1.89 bits per heavy atom. The summed E-state index contributed by atoms with van der Waals surface area (Å²) >= 11 is 0. The van der Waals surface area contributed by atoms with E-state index < -0.39 is 10.0 Å². The molecule has 4 nitrogen and oxygen atoms in total. The maximum atomic E-state index is 11.9. The largest absolute Gasteiger partial charge is 0.299 e. The van der Waals surface area contributed by atoms with Crippen molar-refractivity contribution in [3.63, 3.8) is 0 Å². The van der Waals surface area contributed by atoms with E-state index >= 15 is 0 Å². The zero-order valence-corrected chi connectivity index (χ0v) is 17.3. The van der Waals surface area contributed by atoms with Crippen LogP contribution in [0.25, 0.3) is 0 Å². The highest BCUT2D eigenvalue weighted by Gasteiger charge is 2.38. The summed E-state index contributed by atoms with van der Waals surface area (Å²) in [5.74, 6) is 0.562. The van der Waals surface area contributed by atoms with Gasteiger partial charge in [-0.2, -0.15) is 0 Å². The van der Waals surface area contributed by atoms with Crippen molar-refractivity contribution in [1.29, 1.82) is 0 Å². The molecule has 1 saturated heterocycles. The van der Waals surface area contributed by atoms with Crippen molar-refractivity contribution in [3.8, 4) is 0 Å². The molecule has 0 amide bonds. The molecule has 1 heterocycles. The van der Waals surface area contributed by atoms with Gasteiger partial charge in [0.15, 0.2) is 0 Å². The van der Waals surface area contributed by atoms with Gasteiger partial charge in [-0.25, -0.2) is 8.42 Å². The SMILES string of the molecule is CCS(=O)(=O)Nc1cccc([C@@]2(C)CCN(Cc3ccccc3)C[C@@H]2C)c1. The monoisotopic (exact) mass is 386 g/mol. The number of nitrogens with one attached hydrogen (secondary N) is 1. The average Bonchev–Trinajstić information content (AvgIpc) is 2.66. The van der Waals surface area contributed by atoms with Crippen LogP contribution in [0.5, 0.6) is 0 Å². The third-order valence-electron chi connectivity index (χ3n) is 5.99. The van der Waals surface area contributed by atoms with E-state index in [4.69, 9.17) is 0 Å². The zero-order valence-electron chi connectivity index (χ0n) is 16.5. The average molecular weight is 387 g/mol. The van der Waals surface area contributed by atoms with Crippen molar-refractivity contribution >= 4 is 15.7 Å². The highest BCUT2D eigenvalue weighted by molar-refractivity contribution is 7.92. The normalized spacial score (nSPS) is 23.9. The van der Waals surface area contributed by atoms with Gasteiger partial charge in [-0.05, 0) is 54.5 Å². The first-order valence-corrected chi connectivity index (χ1v) is 11.3. The van der Waals surface area contributed by atoms with Crippen LogP contribution < -0.4 is 4.72 Å². The molecule has 1 N–H and O–H groups in total. The number of benzene rings is 2. The Balaban J connectivity index is 1.73. The van der Waals surface area contributed by atoms with Crippen LogP contribution in [-0.4, -0.2) is 32.2 Å². The number of likely N-dealkylation sites (tertiary alicyclic amines) is 1. The minimum Gasteiger partial charge on any atom is -0.299 e. The van der Waals surface area contributed by atoms with Gasteiger partial charge in [0.1, 0.15) is 0 Å². The number of nitrogens with zero attached hydrogens (tertiary/aromatic N) is 1. The molecule has 2 atom stereocenters. The summed E-state index contributed by atoms with van der Waals surface area (Å²) in [6.07, 6.45) is 1.06. The van der Waals surface area contributed by atoms with E-state index in [0.29, 0.717) is 11.6 Å². The lowest BCUT2D eigenvalue weighted by molar-refractivity contribution is 0.105. The lowest BCUT2D eigenvalue weighted by Crippen LogP contribution is -2.46. The Labute approximate surface area is 163 Å². The van der Waals surface area contributed by atoms with Crippen LogP contribution in [0, 0.1) is 5.92 Å². The van der Waals surface area contributed by atoms with Crippen molar-refractivity contribution in [2.45, 2.75) is 39.2 Å². The third kappa shape index (κ3) is 4.71. The Bertz CT molecular complexity index is 867. The van der Waals surface area contributed by atoms with Gasteiger partial charge in [0.05, 0.1) is 5.75 Å². The number of piperidine rings is 1. The van der Waals surface area contributed by atoms with Gasteiger partial charge in [-0.15, -0.1) is 0 Å². The summed E-state index contributed by atoms with van der Waals surface area (Å²) in [4.78, 5) is 2.52. The van der Waals surface area contributed by atoms with Crippen LogP contribution in [0.3, 0.4) is 0 Å². The quantitative estimate of drug-likeness (QED) is 0.807. The van der Waals surface area contributed by atoms with E-state index in [1.165, 1.54) is 11.1 Å². The van der Waals surface area contributed by atoms with Crippen molar-refractivity contribution < 1.29 is 8.42 Å². The Morgan fingerprint density at radius 3 is 2.56 bits per heavy atom. The molecule has 2 aromatic rings. The molecule has 0 aromatic heterocycles. The smallest absolute Gasteiger partial charge is 0.232 e. The van der Waals surface area contributed by atoms with Gasteiger partial charge in [-0.1, -0.05) is 56.3 Å². The first-order chi connectivity index (χ1) is 12.8. The molecular weight excluding hydrogens is 356 g/mol. The maximum Gasteiger partial charge on any atom is 0.232 e. The molecule has 5 heteroatoms. The maximum absolute atomic E-state index is 11.9. The molecule has 1 aliphatic rings. The van der Waals surface area contributed by atoms with E-state index in [9.17, 15) is 8.42 Å². The lowest BCUT2D eigenvalue weighted by atomic mass is 9.68. The molecule has 0 spiro atoms. The first kappa shape index (κ1) is 19.9. The second-order valence-corrected chi connectivity index (χ2v) is 9.89. The van der Waals surface area contributed by atoms with Crippen molar-refractivity contribution in [2.75, 3.05) is 23.6 Å². The van der Waals surface area contributed by atoms with Gasteiger partial charge >= 0.3 is 0 Å². The number of hydrogen-bond acceptors (Lipinski definition) is 3. The van der Waals surface area contributed by atoms with Gasteiger partial charge < -0.3 is 0 Å². The summed E-state index contributed by atoms with van der Waals surface area (Å²) in [7, 11) is -3.25. The van der Waals surface area contributed by atoms with Crippen LogP contribution >= 0.6 is 0 Å². The molecule has 146 valence electrons. The summed E-state index contributed by atoms with van der Waals surface area (Å²) < 4.78 is 26.5. The fourth-order valence-corrected chi connectivity index (χ4v) is 4.55. The molecule has 0 radical (unpaired) electrons. The highest BCUT2D eigenvalue weighted by atomic mass is 32.2. The lowest BCUT2D eigenvalue weighted by Gasteiger charge is -2.45. The van der Waals surface area contributed by atoms with Crippen molar-refractivity contribution in [3.05, 3.63) is 65.7 Å². The fraction of sp³-hybridized carbons (Fsp3) is 0.455. The Kier molecular flexibility index (Phi) is 5.92. The minimum atomic E-state index is -3.25. The molecule has 0 saturated carbocycles. The molecule has 3 rings (SSSR count). The molecule has 27 heavy (non-hydrogen) atoms. The Morgan fingerprint density at radius 1 is 1.15 bits per heavy atom.